The zero-order valence-corrected chi connectivity index (χ0v) is 16.1. The normalized spacial score (nSPS) is 15.1. The predicted molar refractivity (Wildman–Crippen MR) is 109 cm³/mol. The molecule has 1 N–H and O–H groups in total. The van der Waals surface area contributed by atoms with E-state index in [2.05, 4.69) is 22.3 Å². The van der Waals surface area contributed by atoms with Crippen LogP contribution < -0.4 is 19.7 Å². The number of piperidine rings is 1. The first-order valence-corrected chi connectivity index (χ1v) is 9.67. The average molecular weight is 368 g/mol. The maximum Gasteiger partial charge on any atom is 0.265 e. The first-order chi connectivity index (χ1) is 13.2. The quantitative estimate of drug-likeness (QED) is 0.783. The van der Waals surface area contributed by atoms with Gasteiger partial charge in [0.25, 0.3) is 5.91 Å². The molecule has 0 aliphatic carbocycles. The van der Waals surface area contributed by atoms with E-state index < -0.39 is 6.10 Å². The standard InChI is InChI=1S/C22H28N2O3/c1-3-19(27-21-10-6-5-9-20(21)26-2)22(25)23-17-11-13-18(14-12-17)24-15-7-4-8-16-24/h5-6,9-14,19H,3-4,7-8,15-16H2,1-2H3,(H,23,25). The molecule has 3 rings (SSSR count). The lowest BCUT2D eigenvalue weighted by molar-refractivity contribution is -0.122. The summed E-state index contributed by atoms with van der Waals surface area (Å²) in [4.78, 5) is 15.0. The average Bonchev–Trinajstić information content (AvgIpc) is 2.73. The van der Waals surface area contributed by atoms with Crippen LogP contribution in [-0.4, -0.2) is 32.2 Å². The Morgan fingerprint density at radius 3 is 2.33 bits per heavy atom. The Hall–Kier alpha value is -2.69. The van der Waals surface area contributed by atoms with Crippen LogP contribution in [0.25, 0.3) is 0 Å². The van der Waals surface area contributed by atoms with Gasteiger partial charge < -0.3 is 19.7 Å². The van der Waals surface area contributed by atoms with Crippen LogP contribution in [0.2, 0.25) is 0 Å². The van der Waals surface area contributed by atoms with E-state index in [1.54, 1.807) is 7.11 Å². The van der Waals surface area contributed by atoms with Gasteiger partial charge in [-0.3, -0.25) is 4.79 Å². The molecule has 0 radical (unpaired) electrons. The summed E-state index contributed by atoms with van der Waals surface area (Å²) in [6.07, 6.45) is 3.79. The SMILES string of the molecule is CCC(Oc1ccccc1OC)C(=O)Nc1ccc(N2CCCCC2)cc1. The van der Waals surface area contributed by atoms with Gasteiger partial charge in [0.2, 0.25) is 0 Å². The number of rotatable bonds is 7. The minimum absolute atomic E-state index is 0.158. The molecule has 2 aromatic rings. The molecular weight excluding hydrogens is 340 g/mol. The molecule has 1 aliphatic heterocycles. The smallest absolute Gasteiger partial charge is 0.265 e. The van der Waals surface area contributed by atoms with E-state index in [1.165, 1.54) is 24.9 Å². The first kappa shape index (κ1) is 19.1. The van der Waals surface area contributed by atoms with Crippen LogP contribution in [0, 0.1) is 0 Å². The van der Waals surface area contributed by atoms with E-state index in [9.17, 15) is 4.79 Å². The van der Waals surface area contributed by atoms with Crippen molar-refractivity contribution in [3.05, 3.63) is 48.5 Å². The Balaban J connectivity index is 1.62. The molecule has 2 aromatic carbocycles. The van der Waals surface area contributed by atoms with Crippen molar-refractivity contribution in [1.82, 2.24) is 0 Å². The second-order valence-corrected chi connectivity index (χ2v) is 6.75. The lowest BCUT2D eigenvalue weighted by Crippen LogP contribution is -2.32. The number of hydrogen-bond acceptors (Lipinski definition) is 4. The van der Waals surface area contributed by atoms with Crippen LogP contribution in [0.5, 0.6) is 11.5 Å². The molecule has 1 saturated heterocycles. The molecule has 1 aliphatic rings. The largest absolute Gasteiger partial charge is 0.493 e. The van der Waals surface area contributed by atoms with Gasteiger partial charge in [-0.2, -0.15) is 0 Å². The van der Waals surface area contributed by atoms with Gasteiger partial charge in [0.1, 0.15) is 0 Å². The van der Waals surface area contributed by atoms with Gasteiger partial charge in [0.05, 0.1) is 7.11 Å². The zero-order chi connectivity index (χ0) is 19.1. The van der Waals surface area contributed by atoms with Crippen molar-refractivity contribution >= 4 is 17.3 Å². The summed E-state index contributed by atoms with van der Waals surface area (Å²) >= 11 is 0. The number of anilines is 2. The molecule has 1 amide bonds. The number of ether oxygens (including phenoxy) is 2. The van der Waals surface area contributed by atoms with Crippen molar-refractivity contribution < 1.29 is 14.3 Å². The van der Waals surface area contributed by atoms with Crippen molar-refractivity contribution in [2.45, 2.75) is 38.7 Å². The summed E-state index contributed by atoms with van der Waals surface area (Å²) in [5.41, 5.74) is 1.99. The van der Waals surface area contributed by atoms with Gasteiger partial charge in [0, 0.05) is 24.5 Å². The van der Waals surface area contributed by atoms with E-state index in [0.29, 0.717) is 17.9 Å². The van der Waals surface area contributed by atoms with Crippen molar-refractivity contribution in [2.75, 3.05) is 30.4 Å². The molecule has 1 heterocycles. The molecule has 0 bridgehead atoms. The summed E-state index contributed by atoms with van der Waals surface area (Å²) < 4.78 is 11.2. The molecule has 5 heteroatoms. The first-order valence-electron chi connectivity index (χ1n) is 9.67. The van der Waals surface area contributed by atoms with Crippen LogP contribution in [0.3, 0.4) is 0 Å². The molecule has 1 atom stereocenters. The Bertz CT molecular complexity index is 739. The molecule has 0 spiro atoms. The number of nitrogens with zero attached hydrogens (tertiary/aromatic N) is 1. The van der Waals surface area contributed by atoms with Crippen LogP contribution >= 0.6 is 0 Å². The minimum Gasteiger partial charge on any atom is -0.493 e. The monoisotopic (exact) mass is 368 g/mol. The van der Waals surface area contributed by atoms with Crippen LogP contribution in [0.1, 0.15) is 32.6 Å². The van der Waals surface area contributed by atoms with E-state index in [-0.39, 0.29) is 5.91 Å². The summed E-state index contributed by atoms with van der Waals surface area (Å²) in [5.74, 6) is 1.03. The molecule has 1 unspecified atom stereocenters. The number of hydrogen-bond donors (Lipinski definition) is 1. The van der Waals surface area contributed by atoms with Crippen LogP contribution in [-0.2, 0) is 4.79 Å². The highest BCUT2D eigenvalue weighted by atomic mass is 16.5. The topological polar surface area (TPSA) is 50.8 Å². The Morgan fingerprint density at radius 1 is 1.04 bits per heavy atom. The fraction of sp³-hybridized carbons (Fsp3) is 0.409. The summed E-state index contributed by atoms with van der Waals surface area (Å²) in [5, 5.41) is 2.96. The maximum atomic E-state index is 12.6. The lowest BCUT2D eigenvalue weighted by Gasteiger charge is -2.29. The van der Waals surface area contributed by atoms with Crippen molar-refractivity contribution in [3.8, 4) is 11.5 Å². The molecular formula is C22H28N2O3. The number of amides is 1. The van der Waals surface area contributed by atoms with Gasteiger partial charge in [-0.05, 0) is 62.1 Å². The fourth-order valence-electron chi connectivity index (χ4n) is 3.32. The highest BCUT2D eigenvalue weighted by molar-refractivity contribution is 5.94. The molecule has 1 fully saturated rings. The Morgan fingerprint density at radius 2 is 1.70 bits per heavy atom. The molecule has 0 saturated carbocycles. The van der Waals surface area contributed by atoms with Gasteiger partial charge in [0.15, 0.2) is 17.6 Å². The fourth-order valence-corrected chi connectivity index (χ4v) is 3.32. The third-order valence-corrected chi connectivity index (χ3v) is 4.86. The van der Waals surface area contributed by atoms with Crippen LogP contribution in [0.15, 0.2) is 48.5 Å². The van der Waals surface area contributed by atoms with E-state index in [1.807, 2.05) is 43.3 Å². The third-order valence-electron chi connectivity index (χ3n) is 4.86. The molecule has 144 valence electrons. The van der Waals surface area contributed by atoms with Gasteiger partial charge >= 0.3 is 0 Å². The number of methoxy groups -OCH3 is 1. The number of carbonyl (C=O) groups is 1. The minimum atomic E-state index is -0.580. The van der Waals surface area contributed by atoms with Gasteiger partial charge in [-0.1, -0.05) is 19.1 Å². The van der Waals surface area contributed by atoms with Gasteiger partial charge in [-0.15, -0.1) is 0 Å². The summed E-state index contributed by atoms with van der Waals surface area (Å²) in [7, 11) is 1.59. The highest BCUT2D eigenvalue weighted by Crippen LogP contribution is 2.28. The van der Waals surface area contributed by atoms with E-state index in [0.717, 1.165) is 18.8 Å². The molecule has 5 nitrogen and oxygen atoms in total. The predicted octanol–water partition coefficient (Wildman–Crippen LogP) is 4.48. The highest BCUT2D eigenvalue weighted by Gasteiger charge is 2.20. The Labute approximate surface area is 161 Å². The second kappa shape index (κ2) is 9.31. The second-order valence-electron chi connectivity index (χ2n) is 6.75. The summed E-state index contributed by atoms with van der Waals surface area (Å²) in [6, 6.07) is 15.4. The van der Waals surface area contributed by atoms with E-state index in [4.69, 9.17) is 9.47 Å². The van der Waals surface area contributed by atoms with E-state index >= 15 is 0 Å². The lowest BCUT2D eigenvalue weighted by atomic mass is 10.1. The molecule has 0 aromatic heterocycles. The molecule has 27 heavy (non-hydrogen) atoms. The zero-order valence-electron chi connectivity index (χ0n) is 16.1. The number of para-hydroxylation sites is 2. The van der Waals surface area contributed by atoms with Crippen molar-refractivity contribution in [1.29, 1.82) is 0 Å². The Kier molecular flexibility index (Phi) is 6.58. The van der Waals surface area contributed by atoms with Crippen LogP contribution in [0.4, 0.5) is 11.4 Å². The third kappa shape index (κ3) is 4.94. The number of nitrogens with one attached hydrogen (secondary N) is 1. The number of benzene rings is 2. The van der Waals surface area contributed by atoms with Crippen molar-refractivity contribution in [3.63, 3.8) is 0 Å². The maximum absolute atomic E-state index is 12.6. The summed E-state index contributed by atoms with van der Waals surface area (Å²) in [6.45, 7) is 4.14. The number of carbonyl (C=O) groups excluding carboxylic acids is 1. The van der Waals surface area contributed by atoms with Gasteiger partial charge in [-0.25, -0.2) is 0 Å². The van der Waals surface area contributed by atoms with Crippen molar-refractivity contribution in [2.24, 2.45) is 0 Å².